The Balaban J connectivity index is 1.13. The van der Waals surface area contributed by atoms with Gasteiger partial charge in [-0.05, 0) is 98.7 Å². The van der Waals surface area contributed by atoms with Gasteiger partial charge in [-0.15, -0.1) is 0 Å². The smallest absolute Gasteiger partial charge is 0.0715 e. The Labute approximate surface area is 289 Å². The second-order valence-corrected chi connectivity index (χ2v) is 12.8. The minimum Gasteiger partial charge on any atom is -0.248 e. The van der Waals surface area contributed by atoms with Crippen LogP contribution in [0.3, 0.4) is 0 Å². The lowest BCUT2D eigenvalue weighted by atomic mass is 9.67. The molecule has 6 aromatic carbocycles. The predicted molar refractivity (Wildman–Crippen MR) is 201 cm³/mol. The molecule has 1 saturated carbocycles. The third-order valence-electron chi connectivity index (χ3n) is 9.87. The van der Waals surface area contributed by atoms with Gasteiger partial charge in [0, 0.05) is 22.0 Å². The maximum Gasteiger partial charge on any atom is 0.0715 e. The van der Waals surface area contributed by atoms with Gasteiger partial charge in [0.25, 0.3) is 0 Å². The van der Waals surface area contributed by atoms with E-state index in [4.69, 9.17) is 4.98 Å². The van der Waals surface area contributed by atoms with Crippen molar-refractivity contribution in [1.82, 2.24) is 4.98 Å². The summed E-state index contributed by atoms with van der Waals surface area (Å²) in [4.78, 5) is 5.07. The zero-order chi connectivity index (χ0) is 35.5. The number of aromatic nitrogens is 1. The van der Waals surface area contributed by atoms with Crippen LogP contribution in [0.5, 0.6) is 0 Å². The van der Waals surface area contributed by atoms with Crippen LogP contribution in [0.2, 0.25) is 0 Å². The predicted octanol–water partition coefficient (Wildman–Crippen LogP) is 12.6. The third kappa shape index (κ3) is 4.98. The molecule has 7 aromatic rings. The van der Waals surface area contributed by atoms with Crippen LogP contribution in [0, 0.1) is 0 Å². The molecule has 1 aromatic heterocycles. The molecule has 0 amide bonds. The quantitative estimate of drug-likeness (QED) is 0.187. The largest absolute Gasteiger partial charge is 0.248 e. The summed E-state index contributed by atoms with van der Waals surface area (Å²) >= 11 is 0. The van der Waals surface area contributed by atoms with Crippen molar-refractivity contribution in [1.29, 1.82) is 0 Å². The maximum atomic E-state index is 9.35. The Morgan fingerprint density at radius 3 is 1.46 bits per heavy atom. The summed E-state index contributed by atoms with van der Waals surface area (Å²) in [6, 6.07) is 56.1. The molecule has 0 unspecified atom stereocenters. The average Bonchev–Trinajstić information content (AvgIpc) is 3.49. The number of hydrogen-bond acceptors (Lipinski definition) is 1. The fourth-order valence-electron chi connectivity index (χ4n) is 7.51. The van der Waals surface area contributed by atoms with Crippen molar-refractivity contribution in [3.05, 3.63) is 175 Å². The summed E-state index contributed by atoms with van der Waals surface area (Å²) in [5.74, 6) is 0. The van der Waals surface area contributed by atoms with Gasteiger partial charge in [0.1, 0.15) is 0 Å². The first-order valence-corrected chi connectivity index (χ1v) is 16.8. The lowest BCUT2D eigenvalue weighted by Crippen LogP contribution is -2.28. The first-order chi connectivity index (χ1) is 25.2. The molecule has 1 heterocycles. The summed E-state index contributed by atoms with van der Waals surface area (Å²) in [6.07, 6.45) is -2.31. The molecule has 2 aliphatic carbocycles. The van der Waals surface area contributed by atoms with E-state index in [0.29, 0.717) is 19.3 Å². The van der Waals surface area contributed by atoms with Crippen LogP contribution < -0.4 is 0 Å². The molecule has 0 radical (unpaired) electrons. The average molecular weight is 620 g/mol. The monoisotopic (exact) mass is 619 g/mol. The van der Waals surface area contributed by atoms with Gasteiger partial charge in [-0.25, -0.2) is 4.98 Å². The van der Waals surface area contributed by atoms with Crippen LogP contribution in [0.1, 0.15) is 48.6 Å². The minimum atomic E-state index is -1.75. The zero-order valence-corrected chi connectivity index (χ0v) is 26.7. The third-order valence-corrected chi connectivity index (χ3v) is 9.87. The van der Waals surface area contributed by atoms with Crippen LogP contribution >= 0.6 is 0 Å². The molecular formula is C47H37N. The van der Waals surface area contributed by atoms with Gasteiger partial charge in [-0.1, -0.05) is 153 Å². The Hall–Kier alpha value is -5.53. The van der Waals surface area contributed by atoms with Gasteiger partial charge in [0.2, 0.25) is 0 Å². The Kier molecular flexibility index (Phi) is 6.12. The van der Waals surface area contributed by atoms with Crippen LogP contribution in [-0.2, 0) is 5.41 Å². The molecular weight excluding hydrogens is 579 g/mol. The summed E-state index contributed by atoms with van der Waals surface area (Å²) in [7, 11) is 0. The van der Waals surface area contributed by atoms with Crippen LogP contribution in [0.15, 0.2) is 164 Å². The van der Waals surface area contributed by atoms with E-state index >= 15 is 0 Å². The van der Waals surface area contributed by atoms with E-state index in [-0.39, 0.29) is 0 Å². The van der Waals surface area contributed by atoms with Crippen molar-refractivity contribution in [2.75, 3.05) is 0 Å². The van der Waals surface area contributed by atoms with Gasteiger partial charge in [-0.2, -0.15) is 0 Å². The van der Waals surface area contributed by atoms with Crippen molar-refractivity contribution in [3.8, 4) is 67.0 Å². The van der Waals surface area contributed by atoms with Crippen LogP contribution in [0.25, 0.3) is 67.0 Å². The molecule has 2 aliphatic rings. The van der Waals surface area contributed by atoms with E-state index in [1.54, 1.807) is 0 Å². The molecule has 0 saturated heterocycles. The second-order valence-electron chi connectivity index (χ2n) is 12.8. The van der Waals surface area contributed by atoms with E-state index in [0.717, 1.165) is 78.1 Å². The highest BCUT2D eigenvalue weighted by atomic mass is 14.7. The summed E-state index contributed by atoms with van der Waals surface area (Å²) < 4.78 is 37.4. The molecule has 0 bridgehead atoms. The zero-order valence-electron chi connectivity index (χ0n) is 30.7. The van der Waals surface area contributed by atoms with Gasteiger partial charge in [0.05, 0.1) is 11.4 Å². The molecule has 9 rings (SSSR count). The molecule has 1 heteroatoms. The van der Waals surface area contributed by atoms with Crippen molar-refractivity contribution >= 4 is 0 Å². The van der Waals surface area contributed by atoms with E-state index < -0.39 is 18.2 Å². The number of rotatable bonds is 5. The number of pyridine rings is 1. The molecule has 0 N–H and O–H groups in total. The standard InChI is InChI=1S/C47H37N/c1-4-14-33(15-5-1)45-31-40(32-46(48-45)34-16-6-2-7-17-34)38-21-13-19-36(29-38)35-18-12-20-37(28-35)39-24-25-42-41-22-8-9-23-43(41)47(44(42)30-39)26-10-3-11-27-47/h1-2,4-9,12-25,28-32H,3,10-11,26-27H2/i26D2,27D2. The lowest BCUT2D eigenvalue weighted by Gasteiger charge is -2.36. The summed E-state index contributed by atoms with van der Waals surface area (Å²) in [5.41, 5.74) is 12.3. The minimum absolute atomic E-state index is 0.327. The SMILES string of the molecule is [2H]C1([2H])CCCC([2H])([2H])C12c1ccccc1-c1ccc(-c3cccc(-c4cccc(-c5cc(-c6ccccc6)nc(-c6ccccc6)c5)c4)c3)cc12. The Morgan fingerprint density at radius 2 is 0.854 bits per heavy atom. The maximum absolute atomic E-state index is 9.35. The highest BCUT2D eigenvalue weighted by Crippen LogP contribution is 2.56. The van der Waals surface area contributed by atoms with Crippen molar-refractivity contribution in [2.24, 2.45) is 0 Å². The van der Waals surface area contributed by atoms with E-state index in [1.807, 2.05) is 60.7 Å². The molecule has 230 valence electrons. The number of hydrogen-bond donors (Lipinski definition) is 0. The van der Waals surface area contributed by atoms with E-state index in [2.05, 4.69) is 103 Å². The van der Waals surface area contributed by atoms with Crippen LogP contribution in [0.4, 0.5) is 0 Å². The first-order valence-electron chi connectivity index (χ1n) is 18.8. The lowest BCUT2D eigenvalue weighted by molar-refractivity contribution is 0.353. The summed E-state index contributed by atoms with van der Waals surface area (Å²) in [5, 5.41) is 0. The topological polar surface area (TPSA) is 12.9 Å². The van der Waals surface area contributed by atoms with Gasteiger partial charge in [0.15, 0.2) is 0 Å². The highest BCUT2D eigenvalue weighted by Gasteiger charge is 2.43. The van der Waals surface area contributed by atoms with E-state index in [9.17, 15) is 5.48 Å². The van der Waals surface area contributed by atoms with Crippen LogP contribution in [-0.4, -0.2) is 4.98 Å². The fraction of sp³-hybridized carbons (Fsp3) is 0.128. The van der Waals surface area contributed by atoms with Crippen molar-refractivity contribution in [2.45, 2.75) is 37.4 Å². The van der Waals surface area contributed by atoms with Gasteiger partial charge < -0.3 is 0 Å². The molecule has 1 fully saturated rings. The first kappa shape index (κ1) is 24.6. The molecule has 0 atom stereocenters. The Morgan fingerprint density at radius 1 is 0.375 bits per heavy atom. The number of fused-ring (bicyclic) bond motifs is 5. The van der Waals surface area contributed by atoms with E-state index in [1.165, 1.54) is 0 Å². The molecule has 0 aliphatic heterocycles. The summed E-state index contributed by atoms with van der Waals surface area (Å²) in [6.45, 7) is 0. The van der Waals surface area contributed by atoms with Crippen molar-refractivity contribution in [3.63, 3.8) is 0 Å². The number of benzene rings is 6. The van der Waals surface area contributed by atoms with Crippen molar-refractivity contribution < 1.29 is 5.48 Å². The molecule has 48 heavy (non-hydrogen) atoms. The fourth-order valence-corrected chi connectivity index (χ4v) is 7.51. The Bertz CT molecular complexity index is 2380. The molecule has 1 spiro atoms. The second kappa shape index (κ2) is 11.9. The highest BCUT2D eigenvalue weighted by molar-refractivity contribution is 5.85. The van der Waals surface area contributed by atoms with Gasteiger partial charge in [-0.3, -0.25) is 0 Å². The molecule has 1 nitrogen and oxygen atoms in total. The van der Waals surface area contributed by atoms with Gasteiger partial charge >= 0.3 is 0 Å². The number of nitrogens with zero attached hydrogens (tertiary/aromatic N) is 1. The normalized spacial score (nSPS) is 17.8.